The molecule has 0 spiro atoms. The molecule has 3 unspecified atom stereocenters. The zero-order valence-corrected chi connectivity index (χ0v) is 9.72. The lowest BCUT2D eigenvalue weighted by Gasteiger charge is -2.27. The molecule has 1 fully saturated rings. The van der Waals surface area contributed by atoms with Crippen molar-refractivity contribution in [3.8, 4) is 0 Å². The number of β-amino-alcohol motifs (C(OH)–C–C–N with tert-alkyl or cyclic N) is 1. The van der Waals surface area contributed by atoms with Crippen molar-refractivity contribution in [3.05, 3.63) is 0 Å². The van der Waals surface area contributed by atoms with Gasteiger partial charge in [0.2, 0.25) is 0 Å². The van der Waals surface area contributed by atoms with Gasteiger partial charge < -0.3 is 14.9 Å². The molecule has 1 aliphatic rings. The molecule has 0 aromatic rings. The summed E-state index contributed by atoms with van der Waals surface area (Å²) in [7, 11) is 1.60. The quantitative estimate of drug-likeness (QED) is 0.669. The first-order chi connectivity index (χ1) is 7.13. The Labute approximate surface area is 91.8 Å². The summed E-state index contributed by atoms with van der Waals surface area (Å²) in [6, 6.07) is 0.427. The molecular formula is C11H23NO3. The van der Waals surface area contributed by atoms with Crippen LogP contribution in [0, 0.1) is 0 Å². The second-order valence-electron chi connectivity index (χ2n) is 4.48. The largest absolute Gasteiger partial charge is 0.393 e. The summed E-state index contributed by atoms with van der Waals surface area (Å²) < 4.78 is 4.90. The summed E-state index contributed by atoms with van der Waals surface area (Å²) in [5.41, 5.74) is 0. The van der Waals surface area contributed by atoms with E-state index in [9.17, 15) is 10.2 Å². The Kier molecular flexibility index (Phi) is 5.53. The second-order valence-corrected chi connectivity index (χ2v) is 4.48. The Morgan fingerprint density at radius 1 is 1.47 bits per heavy atom. The number of hydrogen-bond acceptors (Lipinski definition) is 4. The first-order valence-electron chi connectivity index (χ1n) is 5.72. The molecule has 4 heteroatoms. The fourth-order valence-electron chi connectivity index (χ4n) is 2.31. The van der Waals surface area contributed by atoms with Crippen molar-refractivity contribution in [2.24, 2.45) is 0 Å². The molecule has 0 bridgehead atoms. The number of rotatable bonds is 6. The smallest absolute Gasteiger partial charge is 0.0900 e. The molecule has 90 valence electrons. The van der Waals surface area contributed by atoms with Crippen LogP contribution in [0.25, 0.3) is 0 Å². The zero-order chi connectivity index (χ0) is 11.3. The van der Waals surface area contributed by atoms with Crippen LogP contribution in [0.2, 0.25) is 0 Å². The van der Waals surface area contributed by atoms with Crippen molar-refractivity contribution in [3.63, 3.8) is 0 Å². The lowest BCUT2D eigenvalue weighted by atomic mass is 10.1. The highest BCUT2D eigenvalue weighted by Gasteiger charge is 2.26. The molecule has 0 amide bonds. The van der Waals surface area contributed by atoms with Crippen LogP contribution >= 0.6 is 0 Å². The van der Waals surface area contributed by atoms with Gasteiger partial charge in [0.25, 0.3) is 0 Å². The van der Waals surface area contributed by atoms with Gasteiger partial charge in [-0.1, -0.05) is 0 Å². The molecular weight excluding hydrogens is 194 g/mol. The topological polar surface area (TPSA) is 52.9 Å². The highest BCUT2D eigenvalue weighted by atomic mass is 16.5. The monoisotopic (exact) mass is 217 g/mol. The van der Waals surface area contributed by atoms with Gasteiger partial charge in [-0.3, -0.25) is 4.90 Å². The predicted molar refractivity (Wildman–Crippen MR) is 58.8 cm³/mol. The number of nitrogens with zero attached hydrogens (tertiary/aromatic N) is 1. The van der Waals surface area contributed by atoms with E-state index < -0.39 is 6.10 Å². The third-order valence-corrected chi connectivity index (χ3v) is 2.92. The third-order valence-electron chi connectivity index (χ3n) is 2.92. The van der Waals surface area contributed by atoms with E-state index in [1.807, 2.05) is 6.92 Å². The lowest BCUT2D eigenvalue weighted by molar-refractivity contribution is 0.0290. The zero-order valence-electron chi connectivity index (χ0n) is 9.72. The summed E-state index contributed by atoms with van der Waals surface area (Å²) in [5, 5.41) is 19.0. The molecule has 15 heavy (non-hydrogen) atoms. The molecule has 0 radical (unpaired) electrons. The van der Waals surface area contributed by atoms with Crippen LogP contribution < -0.4 is 0 Å². The van der Waals surface area contributed by atoms with Gasteiger partial charge in [0.05, 0.1) is 18.8 Å². The van der Waals surface area contributed by atoms with E-state index in [1.54, 1.807) is 7.11 Å². The Bertz CT molecular complexity index is 175. The van der Waals surface area contributed by atoms with E-state index in [1.165, 1.54) is 0 Å². The fraction of sp³-hybridized carbons (Fsp3) is 1.00. The molecule has 1 saturated heterocycles. The second kappa shape index (κ2) is 6.43. The molecule has 0 aromatic heterocycles. The maximum atomic E-state index is 9.63. The minimum atomic E-state index is -0.412. The van der Waals surface area contributed by atoms with Gasteiger partial charge in [0, 0.05) is 19.7 Å². The maximum Gasteiger partial charge on any atom is 0.0900 e. The minimum Gasteiger partial charge on any atom is -0.393 e. The van der Waals surface area contributed by atoms with Crippen molar-refractivity contribution >= 4 is 0 Å². The van der Waals surface area contributed by atoms with E-state index >= 15 is 0 Å². The Morgan fingerprint density at radius 2 is 2.20 bits per heavy atom. The average Bonchev–Trinajstić information content (AvgIpc) is 2.52. The predicted octanol–water partition coefficient (Wildman–Crippen LogP) is 0.229. The molecule has 0 aromatic carbocycles. The lowest BCUT2D eigenvalue weighted by Crippen LogP contribution is -2.39. The van der Waals surface area contributed by atoms with Gasteiger partial charge in [-0.2, -0.15) is 0 Å². The van der Waals surface area contributed by atoms with Crippen LogP contribution in [0.3, 0.4) is 0 Å². The number of aliphatic hydroxyl groups is 2. The standard InChI is InChI=1S/C11H23NO3/c1-9(13)6-10-4-3-5-12(10)7-11(14)8-15-2/h9-11,13-14H,3-8H2,1-2H3. The highest BCUT2D eigenvalue weighted by Crippen LogP contribution is 2.21. The van der Waals surface area contributed by atoms with Crippen LogP contribution in [0.4, 0.5) is 0 Å². The van der Waals surface area contributed by atoms with Crippen molar-refractivity contribution in [2.45, 2.75) is 44.4 Å². The van der Waals surface area contributed by atoms with Crippen molar-refractivity contribution < 1.29 is 14.9 Å². The summed E-state index contributed by atoms with van der Waals surface area (Å²) in [4.78, 5) is 2.26. The minimum absolute atomic E-state index is 0.254. The molecule has 1 heterocycles. The van der Waals surface area contributed by atoms with Crippen LogP contribution in [0.15, 0.2) is 0 Å². The Morgan fingerprint density at radius 3 is 2.80 bits per heavy atom. The summed E-state index contributed by atoms with van der Waals surface area (Å²) in [6.07, 6.45) is 2.43. The van der Waals surface area contributed by atoms with Gasteiger partial charge in [0.1, 0.15) is 0 Å². The van der Waals surface area contributed by atoms with E-state index in [2.05, 4.69) is 4.90 Å². The first-order valence-corrected chi connectivity index (χ1v) is 5.72. The normalized spacial score (nSPS) is 26.8. The van der Waals surface area contributed by atoms with E-state index in [-0.39, 0.29) is 6.10 Å². The van der Waals surface area contributed by atoms with Crippen LogP contribution in [-0.4, -0.2) is 60.2 Å². The van der Waals surface area contributed by atoms with Gasteiger partial charge >= 0.3 is 0 Å². The molecule has 0 saturated carbocycles. The molecule has 1 rings (SSSR count). The van der Waals surface area contributed by atoms with Crippen LogP contribution in [0.5, 0.6) is 0 Å². The van der Waals surface area contributed by atoms with Gasteiger partial charge in [0.15, 0.2) is 0 Å². The van der Waals surface area contributed by atoms with Crippen LogP contribution in [-0.2, 0) is 4.74 Å². The van der Waals surface area contributed by atoms with Crippen molar-refractivity contribution in [2.75, 3.05) is 26.8 Å². The summed E-state index contributed by atoms with van der Waals surface area (Å²) in [5.74, 6) is 0. The molecule has 1 aliphatic heterocycles. The number of likely N-dealkylation sites (tertiary alicyclic amines) is 1. The molecule has 0 aliphatic carbocycles. The van der Waals surface area contributed by atoms with Crippen molar-refractivity contribution in [1.29, 1.82) is 0 Å². The van der Waals surface area contributed by atoms with Gasteiger partial charge in [-0.25, -0.2) is 0 Å². The maximum absolute atomic E-state index is 9.63. The highest BCUT2D eigenvalue weighted by molar-refractivity contribution is 4.82. The number of aliphatic hydroxyl groups excluding tert-OH is 2. The van der Waals surface area contributed by atoms with E-state index in [4.69, 9.17) is 4.74 Å². The Hall–Kier alpha value is -0.160. The number of hydrogen-bond donors (Lipinski definition) is 2. The fourth-order valence-corrected chi connectivity index (χ4v) is 2.31. The third kappa shape index (κ3) is 4.47. The summed E-state index contributed by atoms with van der Waals surface area (Å²) in [6.45, 7) is 3.89. The number of methoxy groups -OCH3 is 1. The van der Waals surface area contributed by atoms with Gasteiger partial charge in [-0.05, 0) is 32.7 Å². The van der Waals surface area contributed by atoms with Crippen molar-refractivity contribution in [1.82, 2.24) is 4.90 Å². The van der Waals surface area contributed by atoms with E-state index in [0.717, 1.165) is 25.8 Å². The molecule has 4 nitrogen and oxygen atoms in total. The SMILES string of the molecule is COCC(O)CN1CCCC1CC(C)O. The molecule has 2 N–H and O–H groups in total. The van der Waals surface area contributed by atoms with Crippen LogP contribution in [0.1, 0.15) is 26.2 Å². The Balaban J connectivity index is 2.32. The van der Waals surface area contributed by atoms with Gasteiger partial charge in [-0.15, -0.1) is 0 Å². The average molecular weight is 217 g/mol. The molecule has 3 atom stereocenters. The first kappa shape index (κ1) is 12.9. The van der Waals surface area contributed by atoms with E-state index in [0.29, 0.717) is 19.2 Å². The summed E-state index contributed by atoms with van der Waals surface area (Å²) >= 11 is 0. The number of ether oxygens (including phenoxy) is 1.